The molecule has 2 atom stereocenters. The van der Waals surface area contributed by atoms with Crippen molar-refractivity contribution in [1.82, 2.24) is 25.7 Å². The summed E-state index contributed by atoms with van der Waals surface area (Å²) in [6.07, 6.45) is 0.379. The van der Waals surface area contributed by atoms with Crippen LogP contribution in [0.5, 0.6) is 5.88 Å². The minimum Gasteiger partial charge on any atom is -0.481 e. The van der Waals surface area contributed by atoms with Crippen LogP contribution in [0.4, 0.5) is 10.3 Å². The predicted octanol–water partition coefficient (Wildman–Crippen LogP) is 2.13. The summed E-state index contributed by atoms with van der Waals surface area (Å²) in [5, 5.41) is 3.27. The van der Waals surface area contributed by atoms with Gasteiger partial charge < -0.3 is 20.5 Å². The molecule has 4 N–H and O–H groups in total. The van der Waals surface area contributed by atoms with Crippen LogP contribution in [0.25, 0.3) is 11.3 Å². The van der Waals surface area contributed by atoms with Gasteiger partial charge in [0.15, 0.2) is 5.84 Å². The lowest BCUT2D eigenvalue weighted by Gasteiger charge is -2.27. The quantitative estimate of drug-likeness (QED) is 0.442. The summed E-state index contributed by atoms with van der Waals surface area (Å²) in [6.45, 7) is 4.35. The van der Waals surface area contributed by atoms with Crippen molar-refractivity contribution >= 4 is 11.8 Å². The number of nitrogens with zero attached hydrogens (tertiary/aromatic N) is 4. The number of nitrogen functional groups attached to an aromatic ring is 1. The van der Waals surface area contributed by atoms with Gasteiger partial charge >= 0.3 is 0 Å². The lowest BCUT2D eigenvalue weighted by atomic mass is 9.91. The van der Waals surface area contributed by atoms with E-state index in [4.69, 9.17) is 25.0 Å². The fraction of sp³-hybridized carbons (Fsp3) is 0.360. The molecule has 188 valence electrons. The normalized spacial score (nSPS) is 19.4. The second-order valence-corrected chi connectivity index (χ2v) is 8.59. The van der Waals surface area contributed by atoms with E-state index in [1.54, 1.807) is 19.2 Å². The predicted molar refractivity (Wildman–Crippen MR) is 132 cm³/mol. The van der Waals surface area contributed by atoms with Crippen LogP contribution >= 0.6 is 0 Å². The Labute approximate surface area is 208 Å². The van der Waals surface area contributed by atoms with Gasteiger partial charge in [-0.25, -0.2) is 24.8 Å². The summed E-state index contributed by atoms with van der Waals surface area (Å²) in [7, 11) is 1.54. The summed E-state index contributed by atoms with van der Waals surface area (Å²) in [5.41, 5.74) is 13.1. The lowest BCUT2D eigenvalue weighted by molar-refractivity contribution is -0.0470. The molecule has 0 amide bonds. The van der Waals surface area contributed by atoms with Gasteiger partial charge in [0.2, 0.25) is 11.8 Å². The van der Waals surface area contributed by atoms with Crippen LogP contribution in [-0.2, 0) is 16.0 Å². The standard InChI is InChI=1S/C25H28FN7O3/c1-14-23-21(32-25(27)29-14)11-20(31-24(23)33-36-13-16-12-28-8-9-35-16)17-7-6-15(26)10-18(17)19-4-3-5-22(30-19)34-2/h3-7,10,16,20,28H,8-9,11-13H2,1-2H3,(H,31,33)(H2,27,29,32). The Bertz CT molecular complexity index is 1280. The second-order valence-electron chi connectivity index (χ2n) is 8.59. The van der Waals surface area contributed by atoms with Crippen LogP contribution in [0.3, 0.4) is 0 Å². The first-order valence-electron chi connectivity index (χ1n) is 11.7. The molecule has 0 radical (unpaired) electrons. The number of aryl methyl sites for hydroxylation is 1. The maximum Gasteiger partial charge on any atom is 0.220 e. The molecule has 0 bridgehead atoms. The molecule has 3 aromatic rings. The van der Waals surface area contributed by atoms with Crippen molar-refractivity contribution in [3.05, 3.63) is 64.7 Å². The van der Waals surface area contributed by atoms with Crippen LogP contribution in [-0.4, -0.2) is 60.3 Å². The van der Waals surface area contributed by atoms with Crippen molar-refractivity contribution in [3.8, 4) is 17.1 Å². The number of aromatic nitrogens is 3. The fourth-order valence-corrected chi connectivity index (χ4v) is 4.47. The van der Waals surface area contributed by atoms with Crippen molar-refractivity contribution in [1.29, 1.82) is 0 Å². The highest BCUT2D eigenvalue weighted by atomic mass is 19.1. The van der Waals surface area contributed by atoms with Crippen LogP contribution in [0.15, 0.2) is 41.4 Å². The second kappa shape index (κ2) is 10.5. The van der Waals surface area contributed by atoms with Gasteiger partial charge in [0, 0.05) is 31.1 Å². The zero-order valence-electron chi connectivity index (χ0n) is 20.1. The molecule has 2 unspecified atom stereocenters. The topological polar surface area (TPSA) is 129 Å². The van der Waals surface area contributed by atoms with Gasteiger partial charge in [-0.1, -0.05) is 12.1 Å². The molecule has 36 heavy (non-hydrogen) atoms. The van der Waals surface area contributed by atoms with Crippen LogP contribution in [0, 0.1) is 12.7 Å². The van der Waals surface area contributed by atoms with E-state index in [9.17, 15) is 4.39 Å². The summed E-state index contributed by atoms with van der Waals surface area (Å²) in [5.74, 6) is 0.731. The van der Waals surface area contributed by atoms with Crippen LogP contribution < -0.4 is 21.3 Å². The smallest absolute Gasteiger partial charge is 0.220 e. The molecule has 11 heteroatoms. The number of nitrogens with one attached hydrogen (secondary N) is 2. The molecule has 0 saturated carbocycles. The molecule has 0 spiro atoms. The Kier molecular flexibility index (Phi) is 7.03. The number of hydrogen-bond donors (Lipinski definition) is 3. The number of hydrogen-bond acceptors (Lipinski definition) is 10. The van der Waals surface area contributed by atoms with Gasteiger partial charge in [-0.15, -0.1) is 0 Å². The fourth-order valence-electron chi connectivity index (χ4n) is 4.47. The summed E-state index contributed by atoms with van der Waals surface area (Å²) in [4.78, 5) is 24.0. The number of pyridine rings is 1. The highest BCUT2D eigenvalue weighted by Crippen LogP contribution is 2.36. The Morgan fingerprint density at radius 2 is 2.11 bits per heavy atom. The first kappa shape index (κ1) is 24.0. The molecule has 1 fully saturated rings. The number of methoxy groups -OCH3 is 1. The third-order valence-electron chi connectivity index (χ3n) is 6.12. The Morgan fingerprint density at radius 1 is 1.22 bits per heavy atom. The molecule has 10 nitrogen and oxygen atoms in total. The van der Waals surface area contributed by atoms with E-state index in [-0.39, 0.29) is 17.9 Å². The van der Waals surface area contributed by atoms with E-state index in [0.717, 1.165) is 23.4 Å². The third-order valence-corrected chi connectivity index (χ3v) is 6.12. The molecular formula is C25H28FN7O3. The number of rotatable bonds is 6. The molecule has 1 saturated heterocycles. The third kappa shape index (κ3) is 5.13. The van der Waals surface area contributed by atoms with Gasteiger partial charge in [0.05, 0.1) is 48.5 Å². The number of benzene rings is 1. The molecular weight excluding hydrogens is 465 g/mol. The Balaban J connectivity index is 1.50. The summed E-state index contributed by atoms with van der Waals surface area (Å²) < 4.78 is 25.3. The van der Waals surface area contributed by atoms with E-state index in [2.05, 4.69) is 25.7 Å². The van der Waals surface area contributed by atoms with Crippen molar-refractivity contribution in [2.75, 3.05) is 39.1 Å². The molecule has 2 aromatic heterocycles. The van der Waals surface area contributed by atoms with E-state index in [1.165, 1.54) is 12.1 Å². The van der Waals surface area contributed by atoms with Gasteiger partial charge in [-0.3, -0.25) is 9.83 Å². The van der Waals surface area contributed by atoms with E-state index in [1.807, 2.05) is 19.1 Å². The van der Waals surface area contributed by atoms with Crippen molar-refractivity contribution in [3.63, 3.8) is 0 Å². The van der Waals surface area contributed by atoms with Crippen LogP contribution in [0.1, 0.15) is 28.6 Å². The van der Waals surface area contributed by atoms with Crippen molar-refractivity contribution in [2.24, 2.45) is 4.99 Å². The maximum absolute atomic E-state index is 14.4. The molecule has 1 aromatic carbocycles. The molecule has 4 heterocycles. The number of amidine groups is 1. The number of halogens is 1. The number of anilines is 1. The van der Waals surface area contributed by atoms with Crippen molar-refractivity contribution < 1.29 is 18.7 Å². The number of aliphatic imine (C=N–C) groups is 1. The molecule has 5 rings (SSSR count). The van der Waals surface area contributed by atoms with Gasteiger partial charge in [0.1, 0.15) is 12.4 Å². The number of morpholine rings is 1. The summed E-state index contributed by atoms with van der Waals surface area (Å²) >= 11 is 0. The average Bonchev–Trinajstić information content (AvgIpc) is 2.88. The largest absolute Gasteiger partial charge is 0.481 e. The van der Waals surface area contributed by atoms with E-state index in [0.29, 0.717) is 54.8 Å². The van der Waals surface area contributed by atoms with Crippen molar-refractivity contribution in [2.45, 2.75) is 25.5 Å². The zero-order valence-corrected chi connectivity index (χ0v) is 20.1. The number of nitrogens with two attached hydrogens (primary N) is 1. The van der Waals surface area contributed by atoms with Crippen LogP contribution in [0.2, 0.25) is 0 Å². The van der Waals surface area contributed by atoms with Gasteiger partial charge in [0.25, 0.3) is 0 Å². The average molecular weight is 494 g/mol. The Hall–Kier alpha value is -3.67. The molecule has 0 aliphatic carbocycles. The van der Waals surface area contributed by atoms with Gasteiger partial charge in [-0.05, 0) is 30.7 Å². The first-order valence-corrected chi connectivity index (χ1v) is 11.7. The SMILES string of the molecule is COc1cccc(-c2cc(F)ccc2C2Cc3nc(N)nc(C)c3C(NOCC3CNCCO3)=N2)n1. The maximum atomic E-state index is 14.4. The van der Waals surface area contributed by atoms with E-state index >= 15 is 0 Å². The first-order chi connectivity index (χ1) is 17.5. The van der Waals surface area contributed by atoms with Gasteiger partial charge in [-0.2, -0.15) is 0 Å². The summed E-state index contributed by atoms with van der Waals surface area (Å²) in [6, 6.07) is 9.57. The lowest BCUT2D eigenvalue weighted by Crippen LogP contribution is -2.43. The zero-order chi connectivity index (χ0) is 25.1. The Morgan fingerprint density at radius 3 is 2.92 bits per heavy atom. The number of ether oxygens (including phenoxy) is 2. The molecule has 2 aliphatic heterocycles. The monoisotopic (exact) mass is 493 g/mol. The highest BCUT2D eigenvalue weighted by Gasteiger charge is 2.29. The number of hydroxylamine groups is 1. The minimum absolute atomic E-state index is 0.0719. The number of fused-ring (bicyclic) bond motifs is 1. The van der Waals surface area contributed by atoms with E-state index < -0.39 is 6.04 Å². The minimum atomic E-state index is -0.395. The molecule has 2 aliphatic rings. The highest BCUT2D eigenvalue weighted by molar-refractivity contribution is 6.01.